The van der Waals surface area contributed by atoms with Gasteiger partial charge in [-0.3, -0.25) is 0 Å². The van der Waals surface area contributed by atoms with Crippen molar-refractivity contribution in [3.05, 3.63) is 58.9 Å². The number of aromatic hydroxyl groups is 1. The summed E-state index contributed by atoms with van der Waals surface area (Å²) >= 11 is 0. The normalized spacial score (nSPS) is 12.2. The van der Waals surface area contributed by atoms with Gasteiger partial charge in [0.05, 0.1) is 7.11 Å². The lowest BCUT2D eigenvalue weighted by Gasteiger charge is -2.18. The number of benzene rings is 2. The Labute approximate surface area is 124 Å². The summed E-state index contributed by atoms with van der Waals surface area (Å²) in [5, 5.41) is 13.1. The van der Waals surface area contributed by atoms with Gasteiger partial charge >= 0.3 is 0 Å². The lowest BCUT2D eigenvalue weighted by atomic mass is 10.1. The van der Waals surface area contributed by atoms with E-state index in [9.17, 15) is 9.50 Å². The number of hydrogen-bond donors (Lipinski definition) is 2. The van der Waals surface area contributed by atoms with Crippen LogP contribution >= 0.6 is 0 Å². The first-order valence-electron chi connectivity index (χ1n) is 6.86. The van der Waals surface area contributed by atoms with Crippen molar-refractivity contribution in [1.82, 2.24) is 5.32 Å². The van der Waals surface area contributed by atoms with Crippen molar-refractivity contribution in [1.29, 1.82) is 0 Å². The Morgan fingerprint density at radius 3 is 2.71 bits per heavy atom. The van der Waals surface area contributed by atoms with E-state index in [1.165, 1.54) is 12.1 Å². The molecular weight excluding hydrogens is 269 g/mol. The molecule has 1 unspecified atom stereocenters. The van der Waals surface area contributed by atoms with Crippen molar-refractivity contribution >= 4 is 0 Å². The minimum absolute atomic E-state index is 0.101. The highest BCUT2D eigenvalue weighted by molar-refractivity contribution is 5.38. The molecule has 0 spiro atoms. The Morgan fingerprint density at radius 2 is 2.00 bits per heavy atom. The van der Waals surface area contributed by atoms with Crippen molar-refractivity contribution in [2.75, 3.05) is 7.11 Å². The van der Waals surface area contributed by atoms with E-state index in [2.05, 4.69) is 5.32 Å². The summed E-state index contributed by atoms with van der Waals surface area (Å²) in [6, 6.07) is 9.83. The molecule has 0 fully saturated rings. The fraction of sp³-hybridized carbons (Fsp3) is 0.294. The number of methoxy groups -OCH3 is 1. The summed E-state index contributed by atoms with van der Waals surface area (Å²) in [7, 11) is 1.57. The largest absolute Gasteiger partial charge is 0.508 e. The van der Waals surface area contributed by atoms with Gasteiger partial charge in [-0.25, -0.2) is 4.39 Å². The third-order valence-electron chi connectivity index (χ3n) is 3.49. The molecule has 0 bridgehead atoms. The molecule has 0 aliphatic rings. The molecule has 21 heavy (non-hydrogen) atoms. The average Bonchev–Trinajstić information content (AvgIpc) is 2.47. The smallest absolute Gasteiger partial charge is 0.123 e. The number of phenolic OH excluding ortho intramolecular Hbond substituents is 1. The molecule has 112 valence electrons. The highest BCUT2D eigenvalue weighted by atomic mass is 19.1. The minimum atomic E-state index is -0.294. The van der Waals surface area contributed by atoms with Crippen LogP contribution in [0.4, 0.5) is 4.39 Å². The summed E-state index contributed by atoms with van der Waals surface area (Å²) in [6.45, 7) is 4.40. The van der Waals surface area contributed by atoms with Crippen LogP contribution in [0.25, 0.3) is 0 Å². The highest BCUT2D eigenvalue weighted by Crippen LogP contribution is 2.26. The monoisotopic (exact) mass is 289 g/mol. The van der Waals surface area contributed by atoms with Crippen LogP contribution < -0.4 is 10.1 Å². The quantitative estimate of drug-likeness (QED) is 0.882. The average molecular weight is 289 g/mol. The molecule has 0 aliphatic heterocycles. The summed E-state index contributed by atoms with van der Waals surface area (Å²) in [4.78, 5) is 0. The molecule has 0 saturated heterocycles. The number of halogens is 1. The van der Waals surface area contributed by atoms with Crippen molar-refractivity contribution in [3.63, 3.8) is 0 Å². The lowest BCUT2D eigenvalue weighted by Crippen LogP contribution is -2.19. The molecule has 0 aliphatic carbocycles. The maximum absolute atomic E-state index is 13.4. The van der Waals surface area contributed by atoms with Crippen LogP contribution in [0, 0.1) is 12.7 Å². The fourth-order valence-corrected chi connectivity index (χ4v) is 2.27. The van der Waals surface area contributed by atoms with Crippen molar-refractivity contribution in [2.24, 2.45) is 0 Å². The SMILES string of the molecule is COc1ccc(F)cc1C(C)NCc1cc(C)ccc1O. The van der Waals surface area contributed by atoms with Gasteiger partial charge in [-0.2, -0.15) is 0 Å². The maximum atomic E-state index is 13.4. The zero-order valence-electron chi connectivity index (χ0n) is 12.5. The van der Waals surface area contributed by atoms with Gasteiger partial charge in [0, 0.05) is 23.7 Å². The number of phenols is 1. The molecule has 3 nitrogen and oxygen atoms in total. The molecule has 0 heterocycles. The number of nitrogens with one attached hydrogen (secondary N) is 1. The van der Waals surface area contributed by atoms with E-state index in [4.69, 9.17) is 4.74 Å². The second-order valence-corrected chi connectivity index (χ2v) is 5.12. The van der Waals surface area contributed by atoms with Gasteiger partial charge in [0.15, 0.2) is 0 Å². The predicted octanol–water partition coefficient (Wildman–Crippen LogP) is 3.70. The van der Waals surface area contributed by atoms with E-state index in [0.29, 0.717) is 12.3 Å². The predicted molar refractivity (Wildman–Crippen MR) is 81.1 cm³/mol. The zero-order valence-corrected chi connectivity index (χ0v) is 12.5. The topological polar surface area (TPSA) is 41.5 Å². The Morgan fingerprint density at radius 1 is 1.24 bits per heavy atom. The van der Waals surface area contributed by atoms with Crippen LogP contribution in [0.15, 0.2) is 36.4 Å². The molecular formula is C17H20FNO2. The van der Waals surface area contributed by atoms with Crippen molar-refractivity contribution in [3.8, 4) is 11.5 Å². The Bertz CT molecular complexity index is 628. The zero-order chi connectivity index (χ0) is 15.4. The van der Waals surface area contributed by atoms with Crippen molar-refractivity contribution in [2.45, 2.75) is 26.4 Å². The van der Waals surface area contributed by atoms with E-state index in [1.54, 1.807) is 19.2 Å². The van der Waals surface area contributed by atoms with Crippen LogP contribution in [0.3, 0.4) is 0 Å². The molecule has 1 atom stereocenters. The molecule has 2 rings (SSSR count). The Kier molecular flexibility index (Phi) is 4.81. The first-order chi connectivity index (χ1) is 10.0. The summed E-state index contributed by atoms with van der Waals surface area (Å²) in [5.41, 5.74) is 2.66. The van der Waals surface area contributed by atoms with Crippen LogP contribution in [-0.4, -0.2) is 12.2 Å². The molecule has 2 aromatic carbocycles. The second-order valence-electron chi connectivity index (χ2n) is 5.12. The summed E-state index contributed by atoms with van der Waals surface area (Å²) in [6.07, 6.45) is 0. The summed E-state index contributed by atoms with van der Waals surface area (Å²) < 4.78 is 18.7. The molecule has 2 aromatic rings. The number of hydrogen-bond acceptors (Lipinski definition) is 3. The highest BCUT2D eigenvalue weighted by Gasteiger charge is 2.13. The number of rotatable bonds is 5. The van der Waals surface area contributed by atoms with Gasteiger partial charge in [0.2, 0.25) is 0 Å². The second kappa shape index (κ2) is 6.59. The summed E-state index contributed by atoms with van der Waals surface area (Å²) in [5.74, 6) is 0.606. The maximum Gasteiger partial charge on any atom is 0.123 e. The van der Waals surface area contributed by atoms with Gasteiger partial charge in [-0.1, -0.05) is 17.7 Å². The number of aryl methyl sites for hydroxylation is 1. The van der Waals surface area contributed by atoms with Crippen LogP contribution in [-0.2, 0) is 6.54 Å². The van der Waals surface area contributed by atoms with E-state index >= 15 is 0 Å². The van der Waals surface area contributed by atoms with Gasteiger partial charge in [-0.15, -0.1) is 0 Å². The molecule has 0 amide bonds. The Balaban J connectivity index is 2.13. The third-order valence-corrected chi connectivity index (χ3v) is 3.49. The third kappa shape index (κ3) is 3.73. The number of ether oxygens (including phenoxy) is 1. The van der Waals surface area contributed by atoms with E-state index in [0.717, 1.165) is 16.7 Å². The van der Waals surface area contributed by atoms with Crippen molar-refractivity contribution < 1.29 is 14.2 Å². The van der Waals surface area contributed by atoms with E-state index in [-0.39, 0.29) is 17.6 Å². The van der Waals surface area contributed by atoms with E-state index < -0.39 is 0 Å². The molecule has 0 saturated carbocycles. The molecule has 0 radical (unpaired) electrons. The molecule has 4 heteroatoms. The molecule has 2 N–H and O–H groups in total. The van der Waals surface area contributed by atoms with Gasteiger partial charge in [0.25, 0.3) is 0 Å². The van der Waals surface area contributed by atoms with Gasteiger partial charge in [-0.05, 0) is 38.1 Å². The Hall–Kier alpha value is -2.07. The lowest BCUT2D eigenvalue weighted by molar-refractivity contribution is 0.399. The van der Waals surface area contributed by atoms with Gasteiger partial charge in [0.1, 0.15) is 17.3 Å². The van der Waals surface area contributed by atoms with Gasteiger partial charge < -0.3 is 15.2 Å². The van der Waals surface area contributed by atoms with Crippen LogP contribution in [0.1, 0.15) is 29.7 Å². The first kappa shape index (κ1) is 15.3. The standard InChI is InChI=1S/C17H20FNO2/c1-11-4-6-16(20)13(8-11)10-19-12(2)15-9-14(18)5-7-17(15)21-3/h4-9,12,19-20H,10H2,1-3H3. The molecule has 0 aromatic heterocycles. The first-order valence-corrected chi connectivity index (χ1v) is 6.86. The fourth-order valence-electron chi connectivity index (χ4n) is 2.27. The van der Waals surface area contributed by atoms with E-state index in [1.807, 2.05) is 26.0 Å². The minimum Gasteiger partial charge on any atom is -0.508 e. The van der Waals surface area contributed by atoms with Crippen LogP contribution in [0.5, 0.6) is 11.5 Å². The van der Waals surface area contributed by atoms with Crippen LogP contribution in [0.2, 0.25) is 0 Å².